The number of pyridine rings is 1. The Hall–Kier alpha value is -2.15. The molecule has 3 heterocycles. The van der Waals surface area contributed by atoms with Crippen LogP contribution in [0.25, 0.3) is 6.08 Å². The van der Waals surface area contributed by atoms with Crippen LogP contribution >= 0.6 is 24.0 Å². The number of hydrogen-bond acceptors (Lipinski definition) is 7. The second-order valence-electron chi connectivity index (χ2n) is 7.47. The maximum atomic E-state index is 12.9. The Kier molecular flexibility index (Phi) is 7.01. The molecule has 2 fully saturated rings. The standard InChI is InChI=1S/C21H27N5O2S2/c1-5-7-26-20(28)17(30-21(26)29)12-15-14(3)16(13-22)19(27)23(4)18(15)25-10-8-24(6-2)9-11-25/h12H,5-11H2,1-4H3. The average Bonchev–Trinajstić information content (AvgIpc) is 3.00. The third kappa shape index (κ3) is 4.04. The summed E-state index contributed by atoms with van der Waals surface area (Å²) >= 11 is 6.67. The zero-order valence-electron chi connectivity index (χ0n) is 17.9. The van der Waals surface area contributed by atoms with Crippen molar-refractivity contribution in [2.24, 2.45) is 7.05 Å². The van der Waals surface area contributed by atoms with Gasteiger partial charge in [-0.2, -0.15) is 5.26 Å². The Balaban J connectivity index is 2.13. The quantitative estimate of drug-likeness (QED) is 0.509. The number of hydrogen-bond donors (Lipinski definition) is 0. The third-order valence-corrected chi connectivity index (χ3v) is 7.06. The second kappa shape index (κ2) is 9.33. The van der Waals surface area contributed by atoms with Crippen molar-refractivity contribution in [3.8, 4) is 6.07 Å². The highest BCUT2D eigenvalue weighted by Gasteiger charge is 2.32. The van der Waals surface area contributed by atoms with E-state index in [4.69, 9.17) is 12.2 Å². The van der Waals surface area contributed by atoms with Crippen molar-refractivity contribution >= 4 is 46.1 Å². The van der Waals surface area contributed by atoms with Gasteiger partial charge >= 0.3 is 0 Å². The molecule has 9 heteroatoms. The van der Waals surface area contributed by atoms with Crippen LogP contribution in [0.1, 0.15) is 37.0 Å². The highest BCUT2D eigenvalue weighted by atomic mass is 32.2. The second-order valence-corrected chi connectivity index (χ2v) is 9.14. The van der Waals surface area contributed by atoms with Crippen LogP contribution in [0.5, 0.6) is 0 Å². The highest BCUT2D eigenvalue weighted by Crippen LogP contribution is 2.35. The zero-order chi connectivity index (χ0) is 22.0. The van der Waals surface area contributed by atoms with E-state index in [1.165, 1.54) is 11.8 Å². The number of nitrogens with zero attached hydrogens (tertiary/aromatic N) is 5. The molecule has 30 heavy (non-hydrogen) atoms. The summed E-state index contributed by atoms with van der Waals surface area (Å²) in [7, 11) is 1.70. The summed E-state index contributed by atoms with van der Waals surface area (Å²) < 4.78 is 2.10. The number of piperazine rings is 1. The molecule has 0 saturated carbocycles. The van der Waals surface area contributed by atoms with Gasteiger partial charge in [-0.25, -0.2) is 0 Å². The topological polar surface area (TPSA) is 72.6 Å². The number of amides is 1. The predicted molar refractivity (Wildman–Crippen MR) is 126 cm³/mol. The Bertz CT molecular complexity index is 1000. The molecule has 0 aromatic carbocycles. The largest absolute Gasteiger partial charge is 0.355 e. The summed E-state index contributed by atoms with van der Waals surface area (Å²) in [6, 6.07) is 2.05. The van der Waals surface area contributed by atoms with Crippen LogP contribution in [-0.4, -0.2) is 63.9 Å². The number of carbonyl (C=O) groups is 1. The van der Waals surface area contributed by atoms with Crippen LogP contribution < -0.4 is 10.5 Å². The summed E-state index contributed by atoms with van der Waals surface area (Å²) in [6.07, 6.45) is 2.64. The molecule has 2 saturated heterocycles. The Labute approximate surface area is 186 Å². The molecule has 0 spiro atoms. The minimum atomic E-state index is -0.307. The molecule has 0 aliphatic carbocycles. The monoisotopic (exact) mass is 445 g/mol. The van der Waals surface area contributed by atoms with Crippen LogP contribution in [-0.2, 0) is 11.8 Å². The molecule has 0 atom stereocenters. The number of thiocarbonyl (C=S) groups is 1. The van der Waals surface area contributed by atoms with E-state index in [9.17, 15) is 14.9 Å². The molecule has 0 N–H and O–H groups in total. The van der Waals surface area contributed by atoms with Gasteiger partial charge in [0.2, 0.25) is 0 Å². The molecular formula is C21H27N5O2S2. The maximum Gasteiger partial charge on any atom is 0.270 e. The van der Waals surface area contributed by atoms with Crippen molar-refractivity contribution in [2.75, 3.05) is 44.2 Å². The first-order chi connectivity index (χ1) is 14.3. The summed E-state index contributed by atoms with van der Waals surface area (Å²) in [5, 5.41) is 9.58. The molecule has 160 valence electrons. The van der Waals surface area contributed by atoms with E-state index >= 15 is 0 Å². The first-order valence-corrected chi connectivity index (χ1v) is 11.4. The average molecular weight is 446 g/mol. The van der Waals surface area contributed by atoms with Crippen LogP contribution in [0, 0.1) is 18.3 Å². The third-order valence-electron chi connectivity index (χ3n) is 5.68. The van der Waals surface area contributed by atoms with Gasteiger partial charge in [0.1, 0.15) is 21.8 Å². The number of thioether (sulfide) groups is 1. The first-order valence-electron chi connectivity index (χ1n) is 10.2. The fourth-order valence-electron chi connectivity index (χ4n) is 3.92. The van der Waals surface area contributed by atoms with E-state index < -0.39 is 0 Å². The lowest BCUT2D eigenvalue weighted by Gasteiger charge is -2.37. The van der Waals surface area contributed by atoms with Gasteiger partial charge in [0.15, 0.2) is 0 Å². The first kappa shape index (κ1) is 22.5. The van der Waals surface area contributed by atoms with E-state index in [1.807, 2.05) is 19.1 Å². The molecule has 0 bridgehead atoms. The fourth-order valence-corrected chi connectivity index (χ4v) is 5.21. The lowest BCUT2D eigenvalue weighted by atomic mass is 10.0. The molecule has 0 radical (unpaired) electrons. The van der Waals surface area contributed by atoms with Crippen molar-refractivity contribution in [2.45, 2.75) is 27.2 Å². The van der Waals surface area contributed by atoms with E-state index in [2.05, 4.69) is 16.7 Å². The van der Waals surface area contributed by atoms with Crippen molar-refractivity contribution in [3.63, 3.8) is 0 Å². The smallest absolute Gasteiger partial charge is 0.270 e. The molecule has 1 amide bonds. The number of nitriles is 1. The van der Waals surface area contributed by atoms with Crippen molar-refractivity contribution in [1.29, 1.82) is 5.26 Å². The van der Waals surface area contributed by atoms with Crippen LogP contribution in [0.4, 0.5) is 5.82 Å². The Morgan fingerprint density at radius 3 is 2.43 bits per heavy atom. The highest BCUT2D eigenvalue weighted by molar-refractivity contribution is 8.26. The zero-order valence-corrected chi connectivity index (χ0v) is 19.5. The number of likely N-dealkylation sites (N-methyl/N-ethyl adjacent to an activating group) is 1. The Morgan fingerprint density at radius 1 is 1.20 bits per heavy atom. The lowest BCUT2D eigenvalue weighted by Crippen LogP contribution is -2.48. The van der Waals surface area contributed by atoms with E-state index in [1.54, 1.807) is 23.4 Å². The summed E-state index contributed by atoms with van der Waals surface area (Å²) in [6.45, 7) is 10.9. The molecule has 1 aromatic heterocycles. The van der Waals surface area contributed by atoms with Gasteiger partial charge in [0, 0.05) is 45.3 Å². The van der Waals surface area contributed by atoms with Crippen molar-refractivity contribution < 1.29 is 4.79 Å². The van der Waals surface area contributed by atoms with Crippen LogP contribution in [0.2, 0.25) is 0 Å². The molecule has 3 rings (SSSR count). The minimum absolute atomic E-state index is 0.111. The van der Waals surface area contributed by atoms with E-state index in [0.717, 1.165) is 50.5 Å². The van der Waals surface area contributed by atoms with Gasteiger partial charge in [-0.1, -0.05) is 37.8 Å². The fraction of sp³-hybridized carbons (Fsp3) is 0.524. The van der Waals surface area contributed by atoms with E-state index in [0.29, 0.717) is 21.3 Å². The summed E-state index contributed by atoms with van der Waals surface area (Å²) in [4.78, 5) is 32.4. The van der Waals surface area contributed by atoms with Gasteiger partial charge in [-0.05, 0) is 31.5 Å². The number of carbonyl (C=O) groups excluding carboxylic acids is 1. The maximum absolute atomic E-state index is 12.9. The molecule has 2 aliphatic heterocycles. The summed E-state index contributed by atoms with van der Waals surface area (Å²) in [5.74, 6) is 0.647. The molecule has 2 aliphatic rings. The lowest BCUT2D eigenvalue weighted by molar-refractivity contribution is -0.122. The van der Waals surface area contributed by atoms with Gasteiger partial charge in [-0.15, -0.1) is 0 Å². The van der Waals surface area contributed by atoms with Gasteiger partial charge in [0.05, 0.1) is 4.91 Å². The SMILES string of the molecule is CCCN1C(=O)C(=Cc2c(C)c(C#N)c(=O)n(C)c2N2CCN(CC)CC2)SC1=S. The van der Waals surface area contributed by atoms with Gasteiger partial charge in [0.25, 0.3) is 11.5 Å². The van der Waals surface area contributed by atoms with Gasteiger partial charge < -0.3 is 9.80 Å². The predicted octanol–water partition coefficient (Wildman–Crippen LogP) is 2.32. The van der Waals surface area contributed by atoms with Crippen LogP contribution in [0.15, 0.2) is 9.70 Å². The molecule has 0 unspecified atom stereocenters. The summed E-state index contributed by atoms with van der Waals surface area (Å²) in [5.41, 5.74) is 1.16. The molecule has 1 aromatic rings. The number of anilines is 1. The van der Waals surface area contributed by atoms with Crippen molar-refractivity contribution in [3.05, 3.63) is 31.9 Å². The van der Waals surface area contributed by atoms with Crippen LogP contribution in [0.3, 0.4) is 0 Å². The molecular weight excluding hydrogens is 418 g/mol. The number of rotatable bonds is 5. The normalized spacial score (nSPS) is 19.1. The minimum Gasteiger partial charge on any atom is -0.355 e. The Morgan fingerprint density at radius 2 is 1.87 bits per heavy atom. The van der Waals surface area contributed by atoms with Gasteiger partial charge in [-0.3, -0.25) is 19.1 Å². The number of aromatic nitrogens is 1. The molecule has 7 nitrogen and oxygen atoms in total. The van der Waals surface area contributed by atoms with Crippen molar-refractivity contribution in [1.82, 2.24) is 14.4 Å². The van der Waals surface area contributed by atoms with E-state index in [-0.39, 0.29) is 17.0 Å².